The lowest BCUT2D eigenvalue weighted by Crippen LogP contribution is -2.02. The number of fused-ring (bicyclic) bond motifs is 1. The average molecular weight is 190 g/mol. The molecule has 0 spiro atoms. The lowest BCUT2D eigenvalue weighted by Gasteiger charge is -2.04. The van der Waals surface area contributed by atoms with E-state index in [0.717, 1.165) is 18.3 Å². The molecule has 2 unspecified atom stereocenters. The molecule has 1 heteroatoms. The number of carbonyl (C=O) groups excluding carboxylic acids is 1. The molecular formula is C13H18O. The van der Waals surface area contributed by atoms with Crippen LogP contribution in [0.1, 0.15) is 45.4 Å². The SMILES string of the molecule is CC#CCCC(=O)C1C2CCCCC21. The molecule has 0 aromatic carbocycles. The second-order valence-corrected chi connectivity index (χ2v) is 4.53. The largest absolute Gasteiger partial charge is 0.299 e. The van der Waals surface area contributed by atoms with Gasteiger partial charge < -0.3 is 0 Å². The molecule has 2 saturated carbocycles. The fraction of sp³-hybridized carbons (Fsp3) is 0.769. The molecule has 2 rings (SSSR count). The van der Waals surface area contributed by atoms with Gasteiger partial charge in [0.1, 0.15) is 5.78 Å². The zero-order valence-corrected chi connectivity index (χ0v) is 8.88. The van der Waals surface area contributed by atoms with E-state index in [1.807, 2.05) is 6.92 Å². The maximum atomic E-state index is 11.8. The molecule has 2 aliphatic carbocycles. The topological polar surface area (TPSA) is 17.1 Å². The first-order valence-corrected chi connectivity index (χ1v) is 5.77. The summed E-state index contributed by atoms with van der Waals surface area (Å²) in [4.78, 5) is 11.8. The lowest BCUT2D eigenvalue weighted by atomic mass is 10.0. The van der Waals surface area contributed by atoms with Crippen LogP contribution in [0.25, 0.3) is 0 Å². The van der Waals surface area contributed by atoms with Crippen molar-refractivity contribution in [1.29, 1.82) is 0 Å². The van der Waals surface area contributed by atoms with Gasteiger partial charge in [-0.2, -0.15) is 0 Å². The van der Waals surface area contributed by atoms with E-state index in [0.29, 0.717) is 18.1 Å². The highest BCUT2D eigenvalue weighted by Gasteiger charge is 2.53. The molecule has 0 aliphatic heterocycles. The molecule has 0 bridgehead atoms. The first kappa shape index (κ1) is 9.77. The number of Topliss-reactive ketones (excluding diaryl/α,β-unsaturated/α-hetero) is 1. The minimum Gasteiger partial charge on any atom is -0.299 e. The maximum Gasteiger partial charge on any atom is 0.137 e. The van der Waals surface area contributed by atoms with Gasteiger partial charge in [-0.1, -0.05) is 12.8 Å². The summed E-state index contributed by atoms with van der Waals surface area (Å²) in [5.41, 5.74) is 0. The second-order valence-electron chi connectivity index (χ2n) is 4.53. The van der Waals surface area contributed by atoms with Crippen LogP contribution in [0.15, 0.2) is 0 Å². The standard InChI is InChI=1S/C13H18O/c1-2-3-4-9-12(14)13-10-7-5-6-8-11(10)13/h10-11,13H,4-9H2,1H3. The van der Waals surface area contributed by atoms with Crippen LogP contribution in [-0.2, 0) is 4.79 Å². The summed E-state index contributed by atoms with van der Waals surface area (Å²) in [6.07, 6.45) is 6.77. The van der Waals surface area contributed by atoms with Crippen LogP contribution in [0.5, 0.6) is 0 Å². The van der Waals surface area contributed by atoms with Crippen molar-refractivity contribution in [3.8, 4) is 11.8 Å². The van der Waals surface area contributed by atoms with Crippen LogP contribution in [0.3, 0.4) is 0 Å². The lowest BCUT2D eigenvalue weighted by molar-refractivity contribution is -0.120. The molecule has 0 radical (unpaired) electrons. The van der Waals surface area contributed by atoms with Crippen molar-refractivity contribution in [2.45, 2.75) is 45.4 Å². The van der Waals surface area contributed by atoms with Gasteiger partial charge in [0.15, 0.2) is 0 Å². The van der Waals surface area contributed by atoms with Crippen molar-refractivity contribution in [3.05, 3.63) is 0 Å². The highest BCUT2D eigenvalue weighted by atomic mass is 16.1. The summed E-state index contributed by atoms with van der Waals surface area (Å²) in [6.45, 7) is 1.83. The number of hydrogen-bond donors (Lipinski definition) is 0. The van der Waals surface area contributed by atoms with Gasteiger partial charge in [0.2, 0.25) is 0 Å². The van der Waals surface area contributed by atoms with Gasteiger partial charge in [-0.25, -0.2) is 0 Å². The summed E-state index contributed by atoms with van der Waals surface area (Å²) in [5.74, 6) is 8.29. The molecular weight excluding hydrogens is 172 g/mol. The second kappa shape index (κ2) is 4.17. The summed E-state index contributed by atoms with van der Waals surface area (Å²) >= 11 is 0. The fourth-order valence-corrected chi connectivity index (χ4v) is 2.95. The maximum absolute atomic E-state index is 11.8. The van der Waals surface area contributed by atoms with Gasteiger partial charge >= 0.3 is 0 Å². The van der Waals surface area contributed by atoms with Crippen LogP contribution >= 0.6 is 0 Å². The van der Waals surface area contributed by atoms with E-state index >= 15 is 0 Å². The quantitative estimate of drug-likeness (QED) is 0.625. The van der Waals surface area contributed by atoms with Crippen LogP contribution in [0.2, 0.25) is 0 Å². The first-order valence-electron chi connectivity index (χ1n) is 5.77. The average Bonchev–Trinajstić information content (AvgIpc) is 2.92. The van der Waals surface area contributed by atoms with Gasteiger partial charge in [0, 0.05) is 18.8 Å². The Hall–Kier alpha value is -0.770. The van der Waals surface area contributed by atoms with Crippen molar-refractivity contribution < 1.29 is 4.79 Å². The third kappa shape index (κ3) is 1.85. The van der Waals surface area contributed by atoms with E-state index in [1.165, 1.54) is 25.7 Å². The van der Waals surface area contributed by atoms with Crippen LogP contribution in [-0.4, -0.2) is 5.78 Å². The van der Waals surface area contributed by atoms with E-state index in [4.69, 9.17) is 0 Å². The third-order valence-corrected chi connectivity index (χ3v) is 3.70. The Bertz CT molecular complexity index is 269. The van der Waals surface area contributed by atoms with Gasteiger partial charge in [0.25, 0.3) is 0 Å². The summed E-state index contributed by atoms with van der Waals surface area (Å²) in [5, 5.41) is 0. The zero-order chi connectivity index (χ0) is 9.97. The summed E-state index contributed by atoms with van der Waals surface area (Å²) < 4.78 is 0. The molecule has 0 amide bonds. The van der Waals surface area contributed by atoms with Gasteiger partial charge in [-0.3, -0.25) is 4.79 Å². The van der Waals surface area contributed by atoms with E-state index in [1.54, 1.807) is 0 Å². The van der Waals surface area contributed by atoms with Gasteiger partial charge in [-0.05, 0) is 31.6 Å². The monoisotopic (exact) mass is 190 g/mol. The molecule has 0 N–H and O–H groups in total. The molecule has 2 aliphatic rings. The molecule has 0 saturated heterocycles. The van der Waals surface area contributed by atoms with E-state index < -0.39 is 0 Å². The third-order valence-electron chi connectivity index (χ3n) is 3.70. The van der Waals surface area contributed by atoms with Crippen LogP contribution in [0.4, 0.5) is 0 Å². The Morgan fingerprint density at radius 2 is 1.93 bits per heavy atom. The first-order chi connectivity index (χ1) is 6.84. The molecule has 76 valence electrons. The molecule has 2 atom stereocenters. The summed E-state index contributed by atoms with van der Waals surface area (Å²) in [7, 11) is 0. The molecule has 1 nitrogen and oxygen atoms in total. The Kier molecular flexibility index (Phi) is 2.91. The summed E-state index contributed by atoms with van der Waals surface area (Å²) in [6, 6.07) is 0. The van der Waals surface area contributed by atoms with E-state index in [2.05, 4.69) is 11.8 Å². The predicted molar refractivity (Wildman–Crippen MR) is 56.6 cm³/mol. The van der Waals surface area contributed by atoms with Crippen LogP contribution < -0.4 is 0 Å². The molecule has 0 aromatic heterocycles. The highest BCUT2D eigenvalue weighted by Crippen LogP contribution is 2.56. The predicted octanol–water partition coefficient (Wildman–Crippen LogP) is 2.80. The van der Waals surface area contributed by atoms with Crippen LogP contribution in [0, 0.1) is 29.6 Å². The number of rotatable bonds is 3. The molecule has 14 heavy (non-hydrogen) atoms. The van der Waals surface area contributed by atoms with Crippen molar-refractivity contribution in [2.24, 2.45) is 17.8 Å². The molecule has 0 heterocycles. The Morgan fingerprint density at radius 3 is 2.50 bits per heavy atom. The van der Waals surface area contributed by atoms with Crippen molar-refractivity contribution in [3.63, 3.8) is 0 Å². The minimum absolute atomic E-state index is 0.441. The van der Waals surface area contributed by atoms with Crippen molar-refractivity contribution in [2.75, 3.05) is 0 Å². The van der Waals surface area contributed by atoms with Gasteiger partial charge in [0.05, 0.1) is 0 Å². The van der Waals surface area contributed by atoms with Gasteiger partial charge in [-0.15, -0.1) is 11.8 Å². The molecule has 2 fully saturated rings. The number of ketones is 1. The number of carbonyl (C=O) groups is 1. The molecule has 0 aromatic rings. The smallest absolute Gasteiger partial charge is 0.137 e. The fourth-order valence-electron chi connectivity index (χ4n) is 2.95. The Morgan fingerprint density at radius 1 is 1.29 bits per heavy atom. The van der Waals surface area contributed by atoms with Crippen molar-refractivity contribution >= 4 is 5.78 Å². The minimum atomic E-state index is 0.441. The zero-order valence-electron chi connectivity index (χ0n) is 8.88. The van der Waals surface area contributed by atoms with Crippen molar-refractivity contribution in [1.82, 2.24) is 0 Å². The normalized spacial score (nSPS) is 33.9. The van der Waals surface area contributed by atoms with E-state index in [-0.39, 0.29) is 0 Å². The Balaban J connectivity index is 1.78. The van der Waals surface area contributed by atoms with E-state index in [9.17, 15) is 4.79 Å². The Labute approximate surface area is 86.3 Å². The highest BCUT2D eigenvalue weighted by molar-refractivity contribution is 5.84. The number of hydrogen-bond acceptors (Lipinski definition) is 1.